The Kier molecular flexibility index (Phi) is 20.9. The number of aliphatic hydroxyl groups excluding tert-OH is 3. The molecule has 0 saturated heterocycles. The van der Waals surface area contributed by atoms with Crippen molar-refractivity contribution in [3.63, 3.8) is 0 Å². The fraction of sp³-hybridized carbons (Fsp3) is 0.818. The van der Waals surface area contributed by atoms with Crippen LogP contribution in [0.15, 0.2) is 25.3 Å². The van der Waals surface area contributed by atoms with Crippen LogP contribution in [0.5, 0.6) is 0 Å². The van der Waals surface area contributed by atoms with Gasteiger partial charge in [-0.3, -0.25) is 4.74 Å². The summed E-state index contributed by atoms with van der Waals surface area (Å²) in [6.45, 7) is 2.42. The van der Waals surface area contributed by atoms with Gasteiger partial charge in [-0.15, -0.1) is 13.2 Å². The molecule has 0 aliphatic rings. The molecule has 0 rings (SSSR count). The maximum absolute atomic E-state index is 13.6. The molecule has 0 heterocycles. The molecule has 0 aliphatic heterocycles. The lowest BCUT2D eigenvalue weighted by molar-refractivity contribution is -0.396. The number of rotatable bonds is 27. The van der Waals surface area contributed by atoms with Crippen molar-refractivity contribution in [1.29, 1.82) is 0 Å². The first kappa shape index (κ1) is 35.8. The molecule has 3 unspecified atom stereocenters. The van der Waals surface area contributed by atoms with Crippen LogP contribution in [0.25, 0.3) is 0 Å². The Bertz CT molecular complexity index is 573. The van der Waals surface area contributed by atoms with Crippen LogP contribution in [-0.2, 0) is 37.9 Å². The van der Waals surface area contributed by atoms with Gasteiger partial charge in [-0.25, -0.2) is 0 Å². The molecule has 0 fully saturated rings. The Labute approximate surface area is 213 Å². The van der Waals surface area contributed by atoms with E-state index in [9.17, 15) is 32.9 Å². The van der Waals surface area contributed by atoms with Crippen molar-refractivity contribution in [2.45, 2.75) is 30.5 Å². The van der Waals surface area contributed by atoms with Gasteiger partial charge in [0.2, 0.25) is 0 Å². The minimum Gasteiger partial charge on any atom is -0.388 e. The Balaban J connectivity index is 3.88. The lowest BCUT2D eigenvalue weighted by Crippen LogP contribution is -2.40. The SMILES string of the molecule is C=CCOCC(O)COCCOCOCC(F)(F)OC(F)(F)COCC(O)COCC(O)COCC=C. The number of alkyl halides is 4. The Morgan fingerprint density at radius 1 is 0.568 bits per heavy atom. The van der Waals surface area contributed by atoms with Gasteiger partial charge in [0, 0.05) is 0 Å². The van der Waals surface area contributed by atoms with Gasteiger partial charge in [0.1, 0.15) is 38.3 Å². The molecule has 0 bridgehead atoms. The van der Waals surface area contributed by atoms with E-state index in [-0.39, 0.29) is 59.5 Å². The summed E-state index contributed by atoms with van der Waals surface area (Å²) < 4.78 is 91.8. The third kappa shape index (κ3) is 23.6. The number of hydrogen-bond acceptors (Lipinski definition) is 11. The standard InChI is InChI=1S/C22H38F4O11/c1-3-5-30-9-18(27)11-32-7-8-33-17-36-16-22(25,26)37-21(23,24)15-35-14-20(29)13-34-12-19(28)10-31-6-4-2/h3-4,18-20,27-29H,1-2,5-17H2. The van der Waals surface area contributed by atoms with Crippen molar-refractivity contribution in [1.82, 2.24) is 0 Å². The van der Waals surface area contributed by atoms with Crippen LogP contribution in [0.1, 0.15) is 0 Å². The molecule has 0 spiro atoms. The van der Waals surface area contributed by atoms with Crippen molar-refractivity contribution < 1.29 is 70.8 Å². The van der Waals surface area contributed by atoms with Crippen LogP contribution in [0, 0.1) is 0 Å². The summed E-state index contributed by atoms with van der Waals surface area (Å²) >= 11 is 0. The predicted octanol–water partition coefficient (Wildman–Crippen LogP) is 0.717. The van der Waals surface area contributed by atoms with Gasteiger partial charge in [-0.2, -0.15) is 17.6 Å². The van der Waals surface area contributed by atoms with E-state index in [4.69, 9.17) is 23.7 Å². The highest BCUT2D eigenvalue weighted by Crippen LogP contribution is 2.27. The lowest BCUT2D eigenvalue weighted by Gasteiger charge is -2.24. The van der Waals surface area contributed by atoms with Gasteiger partial charge in [0.15, 0.2) is 0 Å². The predicted molar refractivity (Wildman–Crippen MR) is 120 cm³/mol. The average Bonchev–Trinajstić information content (AvgIpc) is 2.80. The van der Waals surface area contributed by atoms with Crippen LogP contribution in [0.4, 0.5) is 17.6 Å². The summed E-state index contributed by atoms with van der Waals surface area (Å²) in [4.78, 5) is 0. The maximum atomic E-state index is 13.6. The van der Waals surface area contributed by atoms with Crippen molar-refractivity contribution in [3.8, 4) is 0 Å². The molecule has 0 aromatic heterocycles. The van der Waals surface area contributed by atoms with E-state index in [1.165, 1.54) is 12.2 Å². The summed E-state index contributed by atoms with van der Waals surface area (Å²) in [6, 6.07) is 0. The van der Waals surface area contributed by atoms with E-state index in [1.54, 1.807) is 0 Å². The summed E-state index contributed by atoms with van der Waals surface area (Å²) in [5, 5.41) is 28.7. The van der Waals surface area contributed by atoms with E-state index in [2.05, 4.69) is 27.4 Å². The first-order chi connectivity index (χ1) is 17.5. The zero-order chi connectivity index (χ0) is 28.0. The Morgan fingerprint density at radius 2 is 0.973 bits per heavy atom. The summed E-state index contributed by atoms with van der Waals surface area (Å²) in [5.74, 6) is 0. The highest BCUT2D eigenvalue weighted by Gasteiger charge is 2.44. The molecule has 0 aliphatic carbocycles. The maximum Gasteiger partial charge on any atom is 0.383 e. The zero-order valence-corrected chi connectivity index (χ0v) is 20.6. The molecule has 11 nitrogen and oxygen atoms in total. The second kappa shape index (κ2) is 21.7. The zero-order valence-electron chi connectivity index (χ0n) is 20.6. The molecule has 220 valence electrons. The van der Waals surface area contributed by atoms with E-state index in [0.717, 1.165) is 0 Å². The third-order valence-corrected chi connectivity index (χ3v) is 3.71. The number of aliphatic hydroxyl groups is 3. The second-order valence-electron chi connectivity index (χ2n) is 7.49. The molecule has 0 amide bonds. The van der Waals surface area contributed by atoms with Gasteiger partial charge in [-0.1, -0.05) is 12.2 Å². The minimum atomic E-state index is -4.38. The first-order valence-corrected chi connectivity index (χ1v) is 11.3. The van der Waals surface area contributed by atoms with Crippen LogP contribution in [-0.4, -0.2) is 132 Å². The quantitative estimate of drug-likeness (QED) is 0.0574. The monoisotopic (exact) mass is 554 g/mol. The fourth-order valence-electron chi connectivity index (χ4n) is 2.27. The molecule has 0 radical (unpaired) electrons. The summed E-state index contributed by atoms with van der Waals surface area (Å²) in [7, 11) is 0. The van der Waals surface area contributed by atoms with Gasteiger partial charge in [0.05, 0.1) is 66.1 Å². The molecule has 3 N–H and O–H groups in total. The van der Waals surface area contributed by atoms with E-state index >= 15 is 0 Å². The van der Waals surface area contributed by atoms with Gasteiger partial charge >= 0.3 is 12.2 Å². The number of halogens is 4. The molecule has 3 atom stereocenters. The lowest BCUT2D eigenvalue weighted by atomic mass is 10.4. The van der Waals surface area contributed by atoms with Gasteiger partial charge < -0.3 is 48.5 Å². The third-order valence-electron chi connectivity index (χ3n) is 3.71. The molecule has 0 aromatic rings. The Hall–Kier alpha value is -1.24. The second-order valence-corrected chi connectivity index (χ2v) is 7.49. The highest BCUT2D eigenvalue weighted by atomic mass is 19.3. The highest BCUT2D eigenvalue weighted by molar-refractivity contribution is 4.65. The van der Waals surface area contributed by atoms with Crippen molar-refractivity contribution in [2.75, 3.05) is 86.1 Å². The van der Waals surface area contributed by atoms with Gasteiger partial charge in [-0.05, 0) is 0 Å². The molecule has 37 heavy (non-hydrogen) atoms. The first-order valence-electron chi connectivity index (χ1n) is 11.3. The van der Waals surface area contributed by atoms with Crippen molar-refractivity contribution >= 4 is 0 Å². The minimum absolute atomic E-state index is 0.0196. The molecular formula is C22H38F4O11. The average molecular weight is 555 g/mol. The van der Waals surface area contributed by atoms with Crippen LogP contribution >= 0.6 is 0 Å². The molecular weight excluding hydrogens is 516 g/mol. The molecule has 15 heteroatoms. The van der Waals surface area contributed by atoms with Crippen LogP contribution in [0.3, 0.4) is 0 Å². The number of ether oxygens (including phenoxy) is 8. The van der Waals surface area contributed by atoms with Gasteiger partial charge in [0.25, 0.3) is 0 Å². The smallest absolute Gasteiger partial charge is 0.383 e. The normalized spacial score (nSPS) is 14.9. The van der Waals surface area contributed by atoms with E-state index in [0.29, 0.717) is 0 Å². The van der Waals surface area contributed by atoms with E-state index in [1.807, 2.05) is 0 Å². The van der Waals surface area contributed by atoms with E-state index < -0.39 is 57.1 Å². The van der Waals surface area contributed by atoms with Crippen molar-refractivity contribution in [2.24, 2.45) is 0 Å². The summed E-state index contributed by atoms with van der Waals surface area (Å²) in [6.07, 6.45) is -8.90. The van der Waals surface area contributed by atoms with Crippen molar-refractivity contribution in [3.05, 3.63) is 25.3 Å². The summed E-state index contributed by atoms with van der Waals surface area (Å²) in [5.41, 5.74) is 0. The van der Waals surface area contributed by atoms with Crippen LogP contribution < -0.4 is 0 Å². The Morgan fingerprint density at radius 3 is 1.49 bits per heavy atom. The topological polar surface area (TPSA) is 135 Å². The van der Waals surface area contributed by atoms with Crippen LogP contribution in [0.2, 0.25) is 0 Å². The molecule has 0 aromatic carbocycles. The molecule has 0 saturated carbocycles. The largest absolute Gasteiger partial charge is 0.388 e. The number of hydrogen-bond donors (Lipinski definition) is 3. The fourth-order valence-corrected chi connectivity index (χ4v) is 2.27.